The van der Waals surface area contributed by atoms with Crippen LogP contribution in [0.3, 0.4) is 0 Å². The minimum atomic E-state index is 0.687. The van der Waals surface area contributed by atoms with Crippen LogP contribution in [0.2, 0.25) is 0 Å². The minimum Gasteiger partial charge on any atom is -0.378 e. The van der Waals surface area contributed by atoms with Crippen LogP contribution in [0.25, 0.3) is 0 Å². The molecule has 26 heavy (non-hydrogen) atoms. The number of aromatic nitrogens is 2. The zero-order chi connectivity index (χ0) is 18.1. The fourth-order valence-electron chi connectivity index (χ4n) is 2.24. The number of pyridine rings is 2. The van der Waals surface area contributed by atoms with Crippen LogP contribution < -0.4 is 0 Å². The highest BCUT2D eigenvalue weighted by molar-refractivity contribution is 7.99. The van der Waals surface area contributed by atoms with Gasteiger partial charge in [0.1, 0.15) is 0 Å². The predicted molar refractivity (Wildman–Crippen MR) is 112 cm³/mol. The van der Waals surface area contributed by atoms with Crippen molar-refractivity contribution in [2.24, 2.45) is 0 Å². The van der Waals surface area contributed by atoms with Crippen molar-refractivity contribution in [1.82, 2.24) is 9.97 Å². The van der Waals surface area contributed by atoms with Gasteiger partial charge in [-0.1, -0.05) is 0 Å². The van der Waals surface area contributed by atoms with Gasteiger partial charge in [-0.3, -0.25) is 9.97 Å². The molecule has 142 valence electrons. The lowest BCUT2D eigenvalue weighted by Crippen LogP contribution is -2.08. The molecule has 4 nitrogen and oxygen atoms in total. The molecule has 0 aliphatic heterocycles. The number of hydrogen-bond acceptors (Lipinski definition) is 6. The summed E-state index contributed by atoms with van der Waals surface area (Å²) in [7, 11) is 0. The predicted octanol–water partition coefficient (Wildman–Crippen LogP) is 3.76. The Labute approximate surface area is 165 Å². The Morgan fingerprint density at radius 2 is 1.00 bits per heavy atom. The highest BCUT2D eigenvalue weighted by Crippen LogP contribution is 2.07. The zero-order valence-corrected chi connectivity index (χ0v) is 16.9. The van der Waals surface area contributed by atoms with Crippen molar-refractivity contribution in [2.75, 3.05) is 49.4 Å². The second-order valence-corrected chi connectivity index (χ2v) is 8.11. The molecule has 0 amide bonds. The van der Waals surface area contributed by atoms with E-state index in [0.717, 1.165) is 49.1 Å². The van der Waals surface area contributed by atoms with Gasteiger partial charge in [0.15, 0.2) is 0 Å². The molecule has 2 aromatic heterocycles. The number of aryl methyl sites for hydroxylation is 2. The maximum absolute atomic E-state index is 5.60. The van der Waals surface area contributed by atoms with Crippen LogP contribution in [-0.4, -0.2) is 59.4 Å². The minimum absolute atomic E-state index is 0.687. The Balaban J connectivity index is 1.28. The van der Waals surface area contributed by atoms with Crippen molar-refractivity contribution in [3.05, 3.63) is 60.2 Å². The van der Waals surface area contributed by atoms with Crippen LogP contribution in [0.15, 0.2) is 49.1 Å². The van der Waals surface area contributed by atoms with Crippen molar-refractivity contribution in [3.63, 3.8) is 0 Å². The first kappa shape index (κ1) is 21.2. The first-order valence-corrected chi connectivity index (χ1v) is 11.3. The molecule has 2 heterocycles. The summed E-state index contributed by atoms with van der Waals surface area (Å²) in [5, 5.41) is 0. The van der Waals surface area contributed by atoms with Crippen LogP contribution in [0, 0.1) is 0 Å². The first-order chi connectivity index (χ1) is 12.9. The fourth-order valence-corrected chi connectivity index (χ4v) is 3.88. The summed E-state index contributed by atoms with van der Waals surface area (Å²) in [6.07, 6.45) is 9.58. The van der Waals surface area contributed by atoms with E-state index in [4.69, 9.17) is 9.47 Å². The Bertz CT molecular complexity index is 507. The van der Waals surface area contributed by atoms with Crippen molar-refractivity contribution in [3.8, 4) is 0 Å². The van der Waals surface area contributed by atoms with Gasteiger partial charge in [-0.15, -0.1) is 0 Å². The Kier molecular flexibility index (Phi) is 12.3. The monoisotopic (exact) mass is 392 g/mol. The van der Waals surface area contributed by atoms with Crippen LogP contribution in [-0.2, 0) is 22.3 Å². The van der Waals surface area contributed by atoms with Crippen molar-refractivity contribution in [1.29, 1.82) is 0 Å². The first-order valence-electron chi connectivity index (χ1n) is 9.04. The number of thioether (sulfide) groups is 2. The Hall–Kier alpha value is -1.08. The Morgan fingerprint density at radius 3 is 1.42 bits per heavy atom. The summed E-state index contributed by atoms with van der Waals surface area (Å²) >= 11 is 3.86. The third kappa shape index (κ3) is 10.8. The van der Waals surface area contributed by atoms with E-state index in [2.05, 4.69) is 34.2 Å². The van der Waals surface area contributed by atoms with E-state index >= 15 is 0 Å². The molecular formula is C20H28N2O2S2. The van der Waals surface area contributed by atoms with Crippen molar-refractivity contribution in [2.45, 2.75) is 12.8 Å². The van der Waals surface area contributed by atoms with E-state index < -0.39 is 0 Å². The number of hydrogen-bond donors (Lipinski definition) is 0. The summed E-state index contributed by atoms with van der Waals surface area (Å²) in [6, 6.07) is 8.30. The summed E-state index contributed by atoms with van der Waals surface area (Å²) < 4.78 is 11.2. The molecule has 0 unspecified atom stereocenters. The van der Waals surface area contributed by atoms with E-state index in [1.54, 1.807) is 0 Å². The maximum atomic E-state index is 5.60. The van der Waals surface area contributed by atoms with Gasteiger partial charge in [0.25, 0.3) is 0 Å². The summed E-state index contributed by atoms with van der Waals surface area (Å²) in [4.78, 5) is 8.06. The van der Waals surface area contributed by atoms with Gasteiger partial charge in [0.2, 0.25) is 0 Å². The normalized spacial score (nSPS) is 10.9. The lowest BCUT2D eigenvalue weighted by atomic mass is 10.2. The molecule has 0 aliphatic carbocycles. The zero-order valence-electron chi connectivity index (χ0n) is 15.2. The van der Waals surface area contributed by atoms with Gasteiger partial charge in [0, 0.05) is 36.3 Å². The molecule has 6 heteroatoms. The smallest absolute Gasteiger partial charge is 0.0700 e. The highest BCUT2D eigenvalue weighted by Gasteiger charge is 1.96. The number of nitrogens with zero attached hydrogens (tertiary/aromatic N) is 2. The molecule has 0 aliphatic rings. The number of rotatable bonds is 15. The molecule has 0 aromatic carbocycles. The van der Waals surface area contributed by atoms with Crippen molar-refractivity contribution < 1.29 is 9.47 Å². The van der Waals surface area contributed by atoms with Crippen LogP contribution >= 0.6 is 23.5 Å². The highest BCUT2D eigenvalue weighted by atomic mass is 32.2. The average Bonchev–Trinajstić information content (AvgIpc) is 2.70. The van der Waals surface area contributed by atoms with E-state index in [-0.39, 0.29) is 0 Å². The largest absolute Gasteiger partial charge is 0.378 e. The van der Waals surface area contributed by atoms with Crippen LogP contribution in [0.5, 0.6) is 0 Å². The van der Waals surface area contributed by atoms with Gasteiger partial charge in [-0.25, -0.2) is 0 Å². The number of ether oxygens (including phenoxy) is 2. The standard InChI is InChI=1S/C20H28N2O2S2/c1-7-21-8-2-19(1)5-15-25-17-13-23-11-12-24-14-18-26-16-6-20-3-9-22-10-4-20/h1-4,7-10H,5-6,11-18H2. The fraction of sp³-hybridized carbons (Fsp3) is 0.500. The van der Waals surface area contributed by atoms with Gasteiger partial charge in [-0.2, -0.15) is 23.5 Å². The third-order valence-electron chi connectivity index (χ3n) is 3.68. The van der Waals surface area contributed by atoms with E-state index in [1.165, 1.54) is 11.1 Å². The van der Waals surface area contributed by atoms with Gasteiger partial charge >= 0.3 is 0 Å². The van der Waals surface area contributed by atoms with Gasteiger partial charge in [0.05, 0.1) is 26.4 Å². The molecule has 0 spiro atoms. The molecule has 0 fully saturated rings. The lowest BCUT2D eigenvalue weighted by molar-refractivity contribution is 0.0605. The molecule has 2 aromatic rings. The molecule has 0 saturated carbocycles. The summed E-state index contributed by atoms with van der Waals surface area (Å²) in [5.41, 5.74) is 2.70. The molecule has 0 bridgehead atoms. The lowest BCUT2D eigenvalue weighted by Gasteiger charge is -2.06. The summed E-state index contributed by atoms with van der Waals surface area (Å²) in [5.74, 6) is 4.33. The Morgan fingerprint density at radius 1 is 0.577 bits per heavy atom. The maximum Gasteiger partial charge on any atom is 0.0700 e. The molecule has 0 radical (unpaired) electrons. The van der Waals surface area contributed by atoms with Crippen molar-refractivity contribution >= 4 is 23.5 Å². The van der Waals surface area contributed by atoms with Gasteiger partial charge in [-0.05, 0) is 59.7 Å². The topological polar surface area (TPSA) is 44.2 Å². The molecule has 2 rings (SSSR count). The van der Waals surface area contributed by atoms with E-state index in [9.17, 15) is 0 Å². The second-order valence-electron chi connectivity index (χ2n) is 5.66. The van der Waals surface area contributed by atoms with Gasteiger partial charge < -0.3 is 9.47 Å². The average molecular weight is 393 g/mol. The van der Waals surface area contributed by atoms with E-state index in [1.807, 2.05) is 48.3 Å². The van der Waals surface area contributed by atoms with Crippen LogP contribution in [0.4, 0.5) is 0 Å². The molecule has 0 atom stereocenters. The SMILES string of the molecule is c1cc(CCSCCOCCOCCSCCc2ccncc2)ccn1. The second kappa shape index (κ2) is 15.0. The van der Waals surface area contributed by atoms with E-state index in [0.29, 0.717) is 13.2 Å². The van der Waals surface area contributed by atoms with Crippen LogP contribution in [0.1, 0.15) is 11.1 Å². The third-order valence-corrected chi connectivity index (χ3v) is 5.58. The molecule has 0 N–H and O–H groups in total. The molecular weight excluding hydrogens is 364 g/mol. The summed E-state index contributed by atoms with van der Waals surface area (Å²) in [6.45, 7) is 2.97. The quantitative estimate of drug-likeness (QED) is 0.430. The molecule has 0 saturated heterocycles.